The summed E-state index contributed by atoms with van der Waals surface area (Å²) in [6.45, 7) is 8.77. The van der Waals surface area contributed by atoms with Gasteiger partial charge in [-0.15, -0.1) is 0 Å². The Labute approximate surface area is 172 Å². The fourth-order valence-electron chi connectivity index (χ4n) is 3.45. The second kappa shape index (κ2) is 10.3. The van der Waals surface area contributed by atoms with Crippen LogP contribution in [0.4, 0.5) is 0 Å². The van der Waals surface area contributed by atoms with E-state index in [4.69, 9.17) is 11.6 Å². The van der Waals surface area contributed by atoms with Gasteiger partial charge in [-0.05, 0) is 50.5 Å². The zero-order valence-electron chi connectivity index (χ0n) is 17.1. The molecule has 0 fully saturated rings. The summed E-state index contributed by atoms with van der Waals surface area (Å²) in [6.07, 6.45) is 0.823. The van der Waals surface area contributed by atoms with Crippen molar-refractivity contribution < 1.29 is 9.59 Å². The van der Waals surface area contributed by atoms with Crippen LogP contribution in [0.15, 0.2) is 42.5 Å². The minimum atomic E-state index is -0.506. The van der Waals surface area contributed by atoms with Crippen molar-refractivity contribution in [1.29, 1.82) is 0 Å². The summed E-state index contributed by atoms with van der Waals surface area (Å²) in [7, 11) is 0. The van der Waals surface area contributed by atoms with E-state index < -0.39 is 6.04 Å². The Morgan fingerprint density at radius 3 is 2.14 bits per heavy atom. The quantitative estimate of drug-likeness (QED) is 0.711. The first-order chi connectivity index (χ1) is 13.3. The minimum absolute atomic E-state index is 0.0574. The fourth-order valence-corrected chi connectivity index (χ4v) is 3.57. The molecule has 0 unspecified atom stereocenters. The number of benzene rings is 2. The van der Waals surface area contributed by atoms with Crippen LogP contribution in [0.2, 0.25) is 5.02 Å². The molecule has 0 saturated carbocycles. The van der Waals surface area contributed by atoms with Gasteiger partial charge in [0.25, 0.3) is 0 Å². The molecule has 2 aromatic rings. The second-order valence-electron chi connectivity index (χ2n) is 7.14. The first-order valence-corrected chi connectivity index (χ1v) is 10.1. The van der Waals surface area contributed by atoms with Crippen molar-refractivity contribution in [1.82, 2.24) is 10.2 Å². The topological polar surface area (TPSA) is 49.4 Å². The molecule has 2 rings (SSSR count). The lowest BCUT2D eigenvalue weighted by molar-refractivity contribution is -0.140. The summed E-state index contributed by atoms with van der Waals surface area (Å²) in [4.78, 5) is 27.5. The third-order valence-corrected chi connectivity index (χ3v) is 4.89. The molecule has 2 amide bonds. The number of amides is 2. The molecule has 0 bridgehead atoms. The Kier molecular flexibility index (Phi) is 8.06. The van der Waals surface area contributed by atoms with Crippen LogP contribution < -0.4 is 5.32 Å². The van der Waals surface area contributed by atoms with Crippen molar-refractivity contribution >= 4 is 23.4 Å². The van der Waals surface area contributed by atoms with Crippen LogP contribution in [0.5, 0.6) is 0 Å². The van der Waals surface area contributed by atoms with E-state index in [1.165, 1.54) is 0 Å². The normalized spacial score (nSPS) is 11.8. The Hall–Kier alpha value is -2.33. The van der Waals surface area contributed by atoms with E-state index in [-0.39, 0.29) is 18.2 Å². The summed E-state index contributed by atoms with van der Waals surface area (Å²) in [5.41, 5.74) is 4.17. The van der Waals surface area contributed by atoms with Gasteiger partial charge in [-0.25, -0.2) is 0 Å². The lowest BCUT2D eigenvalue weighted by Gasteiger charge is -2.30. The van der Waals surface area contributed by atoms with Gasteiger partial charge in [-0.2, -0.15) is 0 Å². The largest absolute Gasteiger partial charge is 0.355 e. The van der Waals surface area contributed by atoms with Gasteiger partial charge in [0.15, 0.2) is 0 Å². The summed E-state index contributed by atoms with van der Waals surface area (Å²) in [5, 5.41) is 3.50. The maximum absolute atomic E-state index is 13.2. The Balaban J connectivity index is 2.30. The van der Waals surface area contributed by atoms with E-state index in [9.17, 15) is 9.59 Å². The number of carbonyl (C=O) groups excluding carboxylic acids is 2. The van der Waals surface area contributed by atoms with E-state index in [1.807, 2.05) is 52.0 Å². The summed E-state index contributed by atoms with van der Waals surface area (Å²) in [5.74, 6) is -0.175. The molecule has 1 N–H and O–H groups in total. The minimum Gasteiger partial charge on any atom is -0.355 e. The predicted octanol–water partition coefficient (Wildman–Crippen LogP) is 4.44. The number of halogens is 1. The molecule has 0 aromatic heterocycles. The van der Waals surface area contributed by atoms with Crippen LogP contribution in [0.1, 0.15) is 42.5 Å². The average molecular weight is 401 g/mol. The summed E-state index contributed by atoms with van der Waals surface area (Å²) < 4.78 is 0. The zero-order chi connectivity index (χ0) is 20.7. The van der Waals surface area contributed by atoms with E-state index in [0.29, 0.717) is 24.5 Å². The smallest absolute Gasteiger partial charge is 0.242 e. The SMILES string of the molecule is CCNC(=O)[C@H](CC)N(Cc1ccc(Cl)cc1)C(=O)Cc1cc(C)cc(C)c1. The van der Waals surface area contributed by atoms with Crippen LogP contribution in [0.25, 0.3) is 0 Å². The van der Waals surface area contributed by atoms with Gasteiger partial charge in [-0.3, -0.25) is 9.59 Å². The van der Waals surface area contributed by atoms with Crippen molar-refractivity contribution in [2.75, 3.05) is 6.54 Å². The average Bonchev–Trinajstić information content (AvgIpc) is 2.62. The molecule has 28 heavy (non-hydrogen) atoms. The van der Waals surface area contributed by atoms with Gasteiger partial charge in [0, 0.05) is 18.1 Å². The number of hydrogen-bond donors (Lipinski definition) is 1. The van der Waals surface area contributed by atoms with Gasteiger partial charge in [0.1, 0.15) is 6.04 Å². The van der Waals surface area contributed by atoms with Crippen LogP contribution in [0.3, 0.4) is 0 Å². The van der Waals surface area contributed by atoms with Gasteiger partial charge < -0.3 is 10.2 Å². The molecule has 0 radical (unpaired) electrons. The number of nitrogens with one attached hydrogen (secondary N) is 1. The van der Waals surface area contributed by atoms with E-state index in [1.54, 1.807) is 17.0 Å². The molecular weight excluding hydrogens is 372 g/mol. The molecule has 0 aliphatic carbocycles. The number of hydrogen-bond acceptors (Lipinski definition) is 2. The highest BCUT2D eigenvalue weighted by molar-refractivity contribution is 6.30. The number of rotatable bonds is 8. The van der Waals surface area contributed by atoms with Crippen LogP contribution >= 0.6 is 11.6 Å². The number of aryl methyl sites for hydroxylation is 2. The standard InChI is InChI=1S/C23H29ClN2O2/c1-5-21(23(28)25-6-2)26(15-18-7-9-20(24)10-8-18)22(27)14-19-12-16(3)11-17(4)13-19/h7-13,21H,5-6,14-15H2,1-4H3,(H,25,28)/t21-/m0/s1. The Bertz CT molecular complexity index is 798. The maximum atomic E-state index is 13.2. The first-order valence-electron chi connectivity index (χ1n) is 9.72. The predicted molar refractivity (Wildman–Crippen MR) is 114 cm³/mol. The molecule has 5 heteroatoms. The molecule has 0 spiro atoms. The molecule has 2 aromatic carbocycles. The van der Waals surface area contributed by atoms with E-state index in [0.717, 1.165) is 22.3 Å². The third-order valence-electron chi connectivity index (χ3n) is 4.64. The second-order valence-corrected chi connectivity index (χ2v) is 7.58. The highest BCUT2D eigenvalue weighted by Crippen LogP contribution is 2.17. The molecule has 150 valence electrons. The van der Waals surface area contributed by atoms with Gasteiger partial charge in [0.05, 0.1) is 6.42 Å². The zero-order valence-corrected chi connectivity index (χ0v) is 17.8. The highest BCUT2D eigenvalue weighted by Gasteiger charge is 2.28. The van der Waals surface area contributed by atoms with Crippen LogP contribution in [-0.2, 0) is 22.6 Å². The van der Waals surface area contributed by atoms with Crippen LogP contribution in [-0.4, -0.2) is 29.3 Å². The molecule has 4 nitrogen and oxygen atoms in total. The van der Waals surface area contributed by atoms with Gasteiger partial charge in [-0.1, -0.05) is 60.0 Å². The van der Waals surface area contributed by atoms with E-state index in [2.05, 4.69) is 11.4 Å². The molecule has 0 aliphatic rings. The van der Waals surface area contributed by atoms with E-state index >= 15 is 0 Å². The van der Waals surface area contributed by atoms with Crippen molar-refractivity contribution in [3.63, 3.8) is 0 Å². The first kappa shape index (κ1) is 22.0. The highest BCUT2D eigenvalue weighted by atomic mass is 35.5. The molecule has 0 heterocycles. The molecule has 0 aliphatic heterocycles. The van der Waals surface area contributed by atoms with Crippen molar-refractivity contribution in [3.05, 3.63) is 69.7 Å². The van der Waals surface area contributed by atoms with Gasteiger partial charge in [0.2, 0.25) is 11.8 Å². The molecular formula is C23H29ClN2O2. The van der Waals surface area contributed by atoms with Crippen molar-refractivity contribution in [3.8, 4) is 0 Å². The van der Waals surface area contributed by atoms with Gasteiger partial charge >= 0.3 is 0 Å². The summed E-state index contributed by atoms with van der Waals surface area (Å²) >= 11 is 5.98. The van der Waals surface area contributed by atoms with Crippen molar-refractivity contribution in [2.45, 2.75) is 53.1 Å². The van der Waals surface area contributed by atoms with Crippen molar-refractivity contribution in [2.24, 2.45) is 0 Å². The lowest BCUT2D eigenvalue weighted by atomic mass is 10.0. The number of likely N-dealkylation sites (N-methyl/N-ethyl adjacent to an activating group) is 1. The monoisotopic (exact) mass is 400 g/mol. The number of nitrogens with zero attached hydrogens (tertiary/aromatic N) is 1. The third kappa shape index (κ3) is 6.10. The fraction of sp³-hybridized carbons (Fsp3) is 0.391. The Morgan fingerprint density at radius 1 is 1.00 bits per heavy atom. The summed E-state index contributed by atoms with van der Waals surface area (Å²) in [6, 6.07) is 13.0. The van der Waals surface area contributed by atoms with Crippen LogP contribution in [0, 0.1) is 13.8 Å². The maximum Gasteiger partial charge on any atom is 0.242 e. The lowest BCUT2D eigenvalue weighted by Crippen LogP contribution is -2.49. The molecule has 1 atom stereocenters. The number of carbonyl (C=O) groups is 2. The Morgan fingerprint density at radius 2 is 1.61 bits per heavy atom. The molecule has 0 saturated heterocycles.